The molecule has 13 heavy (non-hydrogen) atoms. The van der Waals surface area contributed by atoms with Gasteiger partial charge in [-0.1, -0.05) is 6.92 Å². The number of hydrogen-bond acceptors (Lipinski definition) is 2. The van der Waals surface area contributed by atoms with Crippen molar-refractivity contribution in [2.45, 2.75) is 24.8 Å². The van der Waals surface area contributed by atoms with Gasteiger partial charge in [0.05, 0.1) is 6.61 Å². The maximum atomic E-state index is 12.8. The molecule has 1 N–H and O–H groups in total. The van der Waals surface area contributed by atoms with Gasteiger partial charge >= 0.3 is 17.9 Å². The van der Waals surface area contributed by atoms with Crippen LogP contribution in [0.5, 0.6) is 0 Å². The molecule has 78 valence electrons. The van der Waals surface area contributed by atoms with Crippen LogP contribution in [0.2, 0.25) is 0 Å². The van der Waals surface area contributed by atoms with Crippen molar-refractivity contribution in [3.05, 3.63) is 0 Å². The normalized spacial score (nSPS) is 39.5. The van der Waals surface area contributed by atoms with Crippen molar-refractivity contribution < 1.29 is 31.8 Å². The van der Waals surface area contributed by atoms with Crippen molar-refractivity contribution in [1.29, 1.82) is 0 Å². The van der Waals surface area contributed by atoms with E-state index >= 15 is 0 Å². The summed E-state index contributed by atoms with van der Waals surface area (Å²) in [5.74, 6) is -10.3. The Morgan fingerprint density at radius 2 is 1.85 bits per heavy atom. The summed E-state index contributed by atoms with van der Waals surface area (Å²) in [6.45, 7) is 0.0622. The third kappa shape index (κ3) is 1.21. The van der Waals surface area contributed by atoms with E-state index in [1.54, 1.807) is 0 Å². The Morgan fingerprint density at radius 3 is 2.00 bits per heavy atom. The summed E-state index contributed by atoms with van der Waals surface area (Å²) in [6, 6.07) is 0. The Kier molecular flexibility index (Phi) is 2.08. The second-order valence-corrected chi connectivity index (χ2v) is 2.98. The monoisotopic (exact) mass is 206 g/mol. The molecule has 1 saturated heterocycles. The first-order valence-corrected chi connectivity index (χ1v) is 3.44. The van der Waals surface area contributed by atoms with Gasteiger partial charge in [0, 0.05) is 5.92 Å². The highest BCUT2D eigenvalue weighted by Crippen LogP contribution is 2.51. The van der Waals surface area contributed by atoms with Crippen LogP contribution in [0.1, 0.15) is 6.92 Å². The molecule has 0 radical (unpaired) electrons. The fourth-order valence-corrected chi connectivity index (χ4v) is 1.05. The van der Waals surface area contributed by atoms with Crippen LogP contribution in [-0.2, 0) is 4.74 Å². The number of alkyl halides is 5. The molecule has 0 amide bonds. The van der Waals surface area contributed by atoms with E-state index in [-0.39, 0.29) is 0 Å². The van der Waals surface area contributed by atoms with E-state index in [1.807, 2.05) is 0 Å². The van der Waals surface area contributed by atoms with Crippen molar-refractivity contribution in [3.8, 4) is 0 Å². The zero-order valence-electron chi connectivity index (χ0n) is 6.53. The molecule has 0 aromatic rings. The van der Waals surface area contributed by atoms with Gasteiger partial charge in [-0.2, -0.15) is 22.0 Å². The highest BCUT2D eigenvalue weighted by Gasteiger charge is 2.75. The van der Waals surface area contributed by atoms with Crippen LogP contribution < -0.4 is 0 Å². The Hall–Kier alpha value is -0.430. The zero-order valence-corrected chi connectivity index (χ0v) is 6.53. The largest absolute Gasteiger partial charge is 0.449 e. The van der Waals surface area contributed by atoms with Crippen LogP contribution in [0, 0.1) is 5.92 Å². The minimum atomic E-state index is -5.48. The predicted molar refractivity (Wildman–Crippen MR) is 31.1 cm³/mol. The van der Waals surface area contributed by atoms with Crippen LogP contribution in [-0.4, -0.2) is 29.6 Å². The first-order valence-electron chi connectivity index (χ1n) is 3.44. The molecule has 1 rings (SSSR count). The molecule has 1 unspecified atom stereocenters. The third-order valence-electron chi connectivity index (χ3n) is 2.00. The summed E-state index contributed by atoms with van der Waals surface area (Å²) in [5.41, 5.74) is 0. The number of rotatable bonds is 0. The van der Waals surface area contributed by atoms with Crippen molar-refractivity contribution in [2.24, 2.45) is 5.92 Å². The van der Waals surface area contributed by atoms with Crippen LogP contribution in [0.25, 0.3) is 0 Å². The Labute approximate surface area is 70.3 Å². The highest BCUT2D eigenvalue weighted by molar-refractivity contribution is 4.99. The van der Waals surface area contributed by atoms with E-state index in [2.05, 4.69) is 4.74 Å². The van der Waals surface area contributed by atoms with E-state index in [9.17, 15) is 22.0 Å². The first-order chi connectivity index (χ1) is 5.63. The van der Waals surface area contributed by atoms with E-state index in [0.29, 0.717) is 0 Å². The summed E-state index contributed by atoms with van der Waals surface area (Å²) in [5, 5.41) is 8.63. The molecule has 1 aliphatic rings. The molecule has 2 atom stereocenters. The zero-order chi connectivity index (χ0) is 10.5. The molecule has 0 aromatic carbocycles. The van der Waals surface area contributed by atoms with Crippen molar-refractivity contribution in [2.75, 3.05) is 6.61 Å². The second kappa shape index (κ2) is 2.54. The SMILES string of the molecule is C[C@@H]1COC(O)(C(F)(F)F)C1(F)F. The first kappa shape index (κ1) is 10.6. The van der Waals surface area contributed by atoms with Gasteiger partial charge in [-0.05, 0) is 0 Å². The summed E-state index contributed by atoms with van der Waals surface area (Å²) in [7, 11) is 0. The van der Waals surface area contributed by atoms with Gasteiger partial charge in [-0.25, -0.2) is 0 Å². The summed E-state index contributed by atoms with van der Waals surface area (Å²) in [6.07, 6.45) is -5.48. The standard InChI is InChI=1S/C6H7F5O2/c1-3-2-13-5(12,4(3,7)8)6(9,10)11/h3,12H,2H2,1H3/t3-,5?/m1/s1. The van der Waals surface area contributed by atoms with E-state index in [0.717, 1.165) is 6.92 Å². The summed E-state index contributed by atoms with van der Waals surface area (Å²) >= 11 is 0. The highest BCUT2D eigenvalue weighted by atomic mass is 19.4. The molecular weight excluding hydrogens is 199 g/mol. The van der Waals surface area contributed by atoms with Gasteiger partial charge in [0.15, 0.2) is 0 Å². The second-order valence-electron chi connectivity index (χ2n) is 2.98. The summed E-state index contributed by atoms with van der Waals surface area (Å²) < 4.78 is 65.2. The molecule has 7 heteroatoms. The Bertz CT molecular complexity index is 214. The Morgan fingerprint density at radius 1 is 1.38 bits per heavy atom. The Balaban J connectivity index is 3.06. The molecule has 1 fully saturated rings. The van der Waals surface area contributed by atoms with Gasteiger partial charge in [0.1, 0.15) is 0 Å². The van der Waals surface area contributed by atoms with Crippen molar-refractivity contribution >= 4 is 0 Å². The molecule has 0 saturated carbocycles. The molecule has 0 aliphatic carbocycles. The average Bonchev–Trinajstić information content (AvgIpc) is 2.13. The van der Waals surface area contributed by atoms with Gasteiger partial charge in [-0.15, -0.1) is 0 Å². The molecule has 0 aromatic heterocycles. The van der Waals surface area contributed by atoms with Crippen LogP contribution in [0.4, 0.5) is 22.0 Å². The third-order valence-corrected chi connectivity index (χ3v) is 2.00. The van der Waals surface area contributed by atoms with Crippen LogP contribution in [0.15, 0.2) is 0 Å². The number of aliphatic hydroxyl groups is 1. The van der Waals surface area contributed by atoms with Gasteiger partial charge < -0.3 is 9.84 Å². The number of halogens is 5. The predicted octanol–water partition coefficient (Wildman–Crippen LogP) is 1.54. The van der Waals surface area contributed by atoms with Crippen LogP contribution in [0.3, 0.4) is 0 Å². The lowest BCUT2D eigenvalue weighted by Gasteiger charge is -2.30. The molecule has 1 heterocycles. The fourth-order valence-electron chi connectivity index (χ4n) is 1.05. The number of ether oxygens (including phenoxy) is 1. The van der Waals surface area contributed by atoms with Crippen LogP contribution >= 0.6 is 0 Å². The maximum Gasteiger partial charge on any atom is 0.449 e. The molecule has 2 nitrogen and oxygen atoms in total. The molecular formula is C6H7F5O2. The minimum absolute atomic E-state index is 0.816. The minimum Gasteiger partial charge on any atom is -0.354 e. The topological polar surface area (TPSA) is 29.5 Å². The fraction of sp³-hybridized carbons (Fsp3) is 1.00. The van der Waals surface area contributed by atoms with E-state index in [4.69, 9.17) is 5.11 Å². The molecule has 0 spiro atoms. The lowest BCUT2D eigenvalue weighted by molar-refractivity contribution is -0.404. The maximum absolute atomic E-state index is 12.8. The van der Waals surface area contributed by atoms with Gasteiger partial charge in [0.25, 0.3) is 0 Å². The molecule has 0 bridgehead atoms. The smallest absolute Gasteiger partial charge is 0.354 e. The van der Waals surface area contributed by atoms with Crippen molar-refractivity contribution in [3.63, 3.8) is 0 Å². The number of hydrogen-bond donors (Lipinski definition) is 1. The lowest BCUT2D eigenvalue weighted by Crippen LogP contribution is -2.57. The quantitative estimate of drug-likeness (QED) is 0.609. The lowest BCUT2D eigenvalue weighted by atomic mass is 10.00. The van der Waals surface area contributed by atoms with E-state index < -0.39 is 30.4 Å². The molecule has 1 aliphatic heterocycles. The van der Waals surface area contributed by atoms with Gasteiger partial charge in [0.2, 0.25) is 0 Å². The average molecular weight is 206 g/mol. The van der Waals surface area contributed by atoms with E-state index in [1.165, 1.54) is 0 Å². The summed E-state index contributed by atoms with van der Waals surface area (Å²) in [4.78, 5) is 0. The van der Waals surface area contributed by atoms with Gasteiger partial charge in [-0.3, -0.25) is 0 Å². The van der Waals surface area contributed by atoms with Crippen molar-refractivity contribution in [1.82, 2.24) is 0 Å².